The smallest absolute Gasteiger partial charge is 0.359 e. The van der Waals surface area contributed by atoms with Gasteiger partial charge in [-0.2, -0.15) is 0 Å². The summed E-state index contributed by atoms with van der Waals surface area (Å²) in [7, 11) is 0. The second kappa shape index (κ2) is 8.30. The summed E-state index contributed by atoms with van der Waals surface area (Å²) in [5, 5.41) is 10.5. The molecule has 1 aromatic carbocycles. The van der Waals surface area contributed by atoms with Crippen LogP contribution in [0.15, 0.2) is 30.3 Å². The molecule has 2 aromatic rings. The normalized spacial score (nSPS) is 14.7. The van der Waals surface area contributed by atoms with Crippen LogP contribution >= 0.6 is 11.6 Å². The lowest BCUT2D eigenvalue weighted by Gasteiger charge is -2.16. The van der Waals surface area contributed by atoms with Crippen LogP contribution in [-0.2, 0) is 9.53 Å². The first-order valence-corrected chi connectivity index (χ1v) is 8.87. The van der Waals surface area contributed by atoms with Gasteiger partial charge in [0.2, 0.25) is 0 Å². The summed E-state index contributed by atoms with van der Waals surface area (Å²) < 4.78 is 18.2. The molecule has 142 valence electrons. The van der Waals surface area contributed by atoms with Crippen LogP contribution in [0, 0.1) is 5.82 Å². The molecular formula is C18H18ClFN4O3. The zero-order valence-corrected chi connectivity index (χ0v) is 15.4. The van der Waals surface area contributed by atoms with Crippen LogP contribution in [-0.4, -0.2) is 41.3 Å². The number of halogens is 2. The Morgan fingerprint density at radius 2 is 1.96 bits per heavy atom. The fraction of sp³-hybridized carbons (Fsp3) is 0.333. The number of esters is 1. The Bertz CT molecular complexity index is 841. The molecule has 2 heterocycles. The van der Waals surface area contributed by atoms with Gasteiger partial charge in [0, 0.05) is 13.1 Å². The van der Waals surface area contributed by atoms with Gasteiger partial charge in [-0.25, -0.2) is 9.18 Å². The van der Waals surface area contributed by atoms with Gasteiger partial charge in [0.15, 0.2) is 17.6 Å². The lowest BCUT2D eigenvalue weighted by atomic mass is 10.3. The summed E-state index contributed by atoms with van der Waals surface area (Å²) in [6.45, 7) is 3.25. The summed E-state index contributed by atoms with van der Waals surface area (Å²) in [5.41, 5.74) is 0.234. The van der Waals surface area contributed by atoms with E-state index in [2.05, 4.69) is 20.4 Å². The van der Waals surface area contributed by atoms with E-state index >= 15 is 0 Å². The van der Waals surface area contributed by atoms with Crippen molar-refractivity contribution in [3.8, 4) is 0 Å². The van der Waals surface area contributed by atoms with E-state index < -0.39 is 23.8 Å². The highest BCUT2D eigenvalue weighted by molar-refractivity contribution is 6.33. The van der Waals surface area contributed by atoms with Crippen molar-refractivity contribution in [3.05, 3.63) is 46.9 Å². The summed E-state index contributed by atoms with van der Waals surface area (Å²) in [4.78, 5) is 26.4. The Kier molecular flexibility index (Phi) is 5.85. The van der Waals surface area contributed by atoms with Crippen LogP contribution < -0.4 is 10.2 Å². The first kappa shape index (κ1) is 19.0. The van der Waals surface area contributed by atoms with E-state index in [1.807, 2.05) is 0 Å². The highest BCUT2D eigenvalue weighted by atomic mass is 35.5. The molecule has 27 heavy (non-hydrogen) atoms. The second-order valence-corrected chi connectivity index (χ2v) is 6.54. The zero-order valence-electron chi connectivity index (χ0n) is 14.6. The Balaban J connectivity index is 1.58. The number of amides is 1. The molecule has 0 spiro atoms. The Hall–Kier alpha value is -2.74. The number of hydrogen-bond donors (Lipinski definition) is 1. The third-order valence-corrected chi connectivity index (χ3v) is 4.44. The van der Waals surface area contributed by atoms with E-state index in [0.29, 0.717) is 5.82 Å². The highest BCUT2D eigenvalue weighted by Gasteiger charge is 2.22. The highest BCUT2D eigenvalue weighted by Crippen LogP contribution is 2.23. The fourth-order valence-electron chi connectivity index (χ4n) is 2.65. The molecule has 1 atom stereocenters. The third-order valence-electron chi connectivity index (χ3n) is 4.13. The van der Waals surface area contributed by atoms with Gasteiger partial charge in [0.05, 0.1) is 10.7 Å². The van der Waals surface area contributed by atoms with Crippen molar-refractivity contribution in [3.63, 3.8) is 0 Å². The van der Waals surface area contributed by atoms with E-state index in [1.54, 1.807) is 6.07 Å². The molecule has 1 unspecified atom stereocenters. The molecule has 1 amide bonds. The number of rotatable bonds is 5. The second-order valence-electron chi connectivity index (χ2n) is 6.13. The van der Waals surface area contributed by atoms with Gasteiger partial charge in [0.1, 0.15) is 5.82 Å². The van der Waals surface area contributed by atoms with Crippen molar-refractivity contribution in [2.45, 2.75) is 25.9 Å². The Morgan fingerprint density at radius 1 is 1.22 bits per heavy atom. The Labute approximate surface area is 160 Å². The fourth-order valence-corrected chi connectivity index (χ4v) is 2.86. The predicted molar refractivity (Wildman–Crippen MR) is 98.4 cm³/mol. The van der Waals surface area contributed by atoms with Crippen LogP contribution in [0.4, 0.5) is 15.9 Å². The minimum absolute atomic E-state index is 0.0115. The number of nitrogens with one attached hydrogen (secondary N) is 1. The molecule has 0 saturated carbocycles. The molecule has 0 bridgehead atoms. The van der Waals surface area contributed by atoms with E-state index in [4.69, 9.17) is 16.3 Å². The summed E-state index contributed by atoms with van der Waals surface area (Å²) in [5.74, 6) is -1.17. The maximum absolute atomic E-state index is 13.0. The van der Waals surface area contributed by atoms with E-state index in [1.165, 1.54) is 19.1 Å². The van der Waals surface area contributed by atoms with Crippen molar-refractivity contribution in [2.75, 3.05) is 23.3 Å². The average molecular weight is 393 g/mol. The molecule has 1 saturated heterocycles. The van der Waals surface area contributed by atoms with Crippen molar-refractivity contribution in [1.29, 1.82) is 0 Å². The zero-order chi connectivity index (χ0) is 19.4. The minimum Gasteiger partial charge on any atom is -0.448 e. The first-order chi connectivity index (χ1) is 12.9. The predicted octanol–water partition coefficient (Wildman–Crippen LogP) is 3.05. The maximum Gasteiger partial charge on any atom is 0.359 e. The number of aromatic nitrogens is 2. The molecule has 7 nitrogen and oxygen atoms in total. The average Bonchev–Trinajstić information content (AvgIpc) is 3.18. The molecule has 1 N–H and O–H groups in total. The maximum atomic E-state index is 13.0. The van der Waals surface area contributed by atoms with Crippen LogP contribution in [0.1, 0.15) is 30.3 Å². The molecule has 3 rings (SSSR count). The van der Waals surface area contributed by atoms with Crippen LogP contribution in [0.25, 0.3) is 0 Å². The molecule has 1 aromatic heterocycles. The first-order valence-electron chi connectivity index (χ1n) is 8.49. The largest absolute Gasteiger partial charge is 0.448 e. The van der Waals surface area contributed by atoms with Gasteiger partial charge in [0.25, 0.3) is 5.91 Å². The summed E-state index contributed by atoms with van der Waals surface area (Å²) >= 11 is 5.86. The van der Waals surface area contributed by atoms with Crippen LogP contribution in [0.5, 0.6) is 0 Å². The topological polar surface area (TPSA) is 84.4 Å². The van der Waals surface area contributed by atoms with Crippen LogP contribution in [0.2, 0.25) is 5.02 Å². The number of carbonyl (C=O) groups excluding carboxylic acids is 2. The van der Waals surface area contributed by atoms with Crippen molar-refractivity contribution in [2.24, 2.45) is 0 Å². The van der Waals surface area contributed by atoms with E-state index in [0.717, 1.165) is 38.1 Å². The summed E-state index contributed by atoms with van der Waals surface area (Å²) in [6, 6.07) is 6.79. The van der Waals surface area contributed by atoms with Gasteiger partial charge in [-0.1, -0.05) is 11.6 Å². The van der Waals surface area contributed by atoms with Crippen molar-refractivity contribution < 1.29 is 18.7 Å². The quantitative estimate of drug-likeness (QED) is 0.787. The van der Waals surface area contributed by atoms with Crippen molar-refractivity contribution in [1.82, 2.24) is 10.2 Å². The minimum atomic E-state index is -1.10. The molecule has 9 heteroatoms. The van der Waals surface area contributed by atoms with Crippen LogP contribution in [0.3, 0.4) is 0 Å². The molecule has 0 aliphatic carbocycles. The lowest BCUT2D eigenvalue weighted by molar-refractivity contribution is -0.123. The number of anilines is 2. The van der Waals surface area contributed by atoms with Gasteiger partial charge in [-0.15, -0.1) is 10.2 Å². The van der Waals surface area contributed by atoms with Gasteiger partial charge >= 0.3 is 5.97 Å². The molecular weight excluding hydrogens is 375 g/mol. The summed E-state index contributed by atoms with van der Waals surface area (Å²) in [6.07, 6.45) is 1.12. The number of nitrogens with zero attached hydrogens (tertiary/aromatic N) is 3. The number of carbonyl (C=O) groups is 2. The molecule has 1 aliphatic heterocycles. The van der Waals surface area contributed by atoms with Gasteiger partial charge < -0.3 is 15.0 Å². The lowest BCUT2D eigenvalue weighted by Crippen LogP contribution is -2.30. The molecule has 1 fully saturated rings. The SMILES string of the molecule is CC(OC(=O)c1ccc(N2CCCC2)nn1)C(=O)Nc1ccc(F)cc1Cl. The van der Waals surface area contributed by atoms with E-state index in [9.17, 15) is 14.0 Å². The third kappa shape index (κ3) is 4.71. The molecule has 1 aliphatic rings. The standard InChI is InChI=1S/C18H18ClFN4O3/c1-11(17(25)21-14-5-4-12(20)10-13(14)19)27-18(26)15-6-7-16(23-22-15)24-8-2-3-9-24/h4-7,10-11H,2-3,8-9H2,1H3,(H,21,25). The molecule has 0 radical (unpaired) electrons. The number of hydrogen-bond acceptors (Lipinski definition) is 6. The van der Waals surface area contributed by atoms with Crippen molar-refractivity contribution >= 4 is 35.0 Å². The van der Waals surface area contributed by atoms with Gasteiger partial charge in [-0.05, 0) is 50.1 Å². The number of benzene rings is 1. The van der Waals surface area contributed by atoms with E-state index in [-0.39, 0.29) is 16.4 Å². The number of ether oxygens (including phenoxy) is 1. The van der Waals surface area contributed by atoms with Gasteiger partial charge in [-0.3, -0.25) is 4.79 Å². The Morgan fingerprint density at radius 3 is 2.59 bits per heavy atom. The monoisotopic (exact) mass is 392 g/mol.